The van der Waals surface area contributed by atoms with Crippen molar-refractivity contribution >= 4 is 17.7 Å². The number of benzene rings is 1. The van der Waals surface area contributed by atoms with Crippen LogP contribution in [0.4, 0.5) is 0 Å². The third-order valence-electron chi connectivity index (χ3n) is 13.8. The van der Waals surface area contributed by atoms with Gasteiger partial charge in [0.05, 0.1) is 0 Å². The molecule has 0 bridgehead atoms. The Hall–Kier alpha value is -3.35. The molecular formula is C63H111N3O4. The number of nitrogens with one attached hydrogen (secondary N) is 3. The number of carbonyl (C=O) groups excluding carboxylic acids is 3. The van der Waals surface area contributed by atoms with Crippen molar-refractivity contribution in [1.82, 2.24) is 16.0 Å². The summed E-state index contributed by atoms with van der Waals surface area (Å²) in [6.07, 6.45) is 63.1. The summed E-state index contributed by atoms with van der Waals surface area (Å²) in [4.78, 5) is 38.7. The molecule has 402 valence electrons. The Bertz CT molecular complexity index is 1390. The molecule has 0 atom stereocenters. The van der Waals surface area contributed by atoms with Crippen molar-refractivity contribution in [2.75, 3.05) is 0 Å². The predicted octanol–water partition coefficient (Wildman–Crippen LogP) is 18.4. The van der Waals surface area contributed by atoms with Crippen molar-refractivity contribution in [3.8, 4) is 5.75 Å². The first-order valence-electron chi connectivity index (χ1n) is 30.0. The zero-order chi connectivity index (χ0) is 50.6. The van der Waals surface area contributed by atoms with Gasteiger partial charge in [-0.2, -0.15) is 0 Å². The summed E-state index contributed by atoms with van der Waals surface area (Å²) >= 11 is 0. The number of unbranched alkanes of at least 4 members (excludes halogenated alkanes) is 33. The molecule has 0 radical (unpaired) electrons. The smallest absolute Gasteiger partial charge is 0.220 e. The molecule has 1 rings (SSSR count). The highest BCUT2D eigenvalue weighted by Crippen LogP contribution is 2.26. The lowest BCUT2D eigenvalue weighted by Gasteiger charge is -2.15. The first-order chi connectivity index (χ1) is 34.4. The predicted molar refractivity (Wildman–Crippen MR) is 302 cm³/mol. The van der Waals surface area contributed by atoms with Gasteiger partial charge in [0.1, 0.15) is 5.75 Å². The van der Waals surface area contributed by atoms with Crippen molar-refractivity contribution < 1.29 is 19.5 Å². The fourth-order valence-corrected chi connectivity index (χ4v) is 9.13. The Morgan fingerprint density at radius 2 is 0.571 bits per heavy atom. The van der Waals surface area contributed by atoms with E-state index in [-0.39, 0.29) is 36.6 Å². The summed E-state index contributed by atoms with van der Waals surface area (Å²) in [6, 6.07) is 3.74. The van der Waals surface area contributed by atoms with E-state index in [1.165, 1.54) is 173 Å². The Morgan fingerprint density at radius 3 is 0.843 bits per heavy atom. The maximum Gasteiger partial charge on any atom is 0.220 e. The number of amides is 3. The van der Waals surface area contributed by atoms with E-state index in [0.29, 0.717) is 36.9 Å². The summed E-state index contributed by atoms with van der Waals surface area (Å²) < 4.78 is 0. The minimum absolute atomic E-state index is 0.0227. The maximum absolute atomic E-state index is 12.9. The zero-order valence-electron chi connectivity index (χ0n) is 46.1. The van der Waals surface area contributed by atoms with Gasteiger partial charge in [-0.25, -0.2) is 0 Å². The highest BCUT2D eigenvalue weighted by Gasteiger charge is 2.14. The molecule has 0 aliphatic rings. The molecule has 7 heteroatoms. The van der Waals surface area contributed by atoms with Crippen LogP contribution in [-0.4, -0.2) is 22.8 Å². The van der Waals surface area contributed by atoms with Crippen LogP contribution in [0.1, 0.15) is 307 Å². The van der Waals surface area contributed by atoms with Crippen molar-refractivity contribution in [3.63, 3.8) is 0 Å². The first kappa shape index (κ1) is 64.7. The molecule has 0 saturated heterocycles. The average Bonchev–Trinajstić information content (AvgIpc) is 3.36. The van der Waals surface area contributed by atoms with Crippen LogP contribution in [0, 0.1) is 0 Å². The highest BCUT2D eigenvalue weighted by molar-refractivity contribution is 5.77. The Kier molecular flexibility index (Phi) is 46.7. The number of allylic oxidation sites excluding steroid dienone is 6. The van der Waals surface area contributed by atoms with E-state index in [0.717, 1.165) is 82.6 Å². The fraction of sp³-hybridized carbons (Fsp3) is 0.762. The van der Waals surface area contributed by atoms with Crippen LogP contribution in [0.15, 0.2) is 48.6 Å². The summed E-state index contributed by atoms with van der Waals surface area (Å²) in [5, 5.41) is 20.5. The molecule has 0 aliphatic heterocycles. The second kappa shape index (κ2) is 50.6. The monoisotopic (exact) mass is 974 g/mol. The van der Waals surface area contributed by atoms with Crippen LogP contribution < -0.4 is 16.0 Å². The van der Waals surface area contributed by atoms with Gasteiger partial charge in [0.25, 0.3) is 0 Å². The minimum Gasteiger partial charge on any atom is -0.507 e. The Labute approximate surface area is 432 Å². The van der Waals surface area contributed by atoms with Gasteiger partial charge in [0.15, 0.2) is 0 Å². The molecule has 0 fully saturated rings. The second-order valence-corrected chi connectivity index (χ2v) is 20.6. The van der Waals surface area contributed by atoms with Crippen molar-refractivity contribution in [2.24, 2.45) is 0 Å². The molecule has 70 heavy (non-hydrogen) atoms. The van der Waals surface area contributed by atoms with Gasteiger partial charge in [0.2, 0.25) is 17.7 Å². The molecular weight excluding hydrogens is 863 g/mol. The number of carbonyl (C=O) groups is 3. The third kappa shape index (κ3) is 42.3. The molecule has 0 aliphatic carbocycles. The normalized spacial score (nSPS) is 11.7. The molecule has 4 N–H and O–H groups in total. The van der Waals surface area contributed by atoms with E-state index in [2.05, 4.69) is 73.2 Å². The van der Waals surface area contributed by atoms with E-state index in [1.807, 2.05) is 12.1 Å². The van der Waals surface area contributed by atoms with Crippen LogP contribution in [0.3, 0.4) is 0 Å². The molecule has 0 saturated carbocycles. The maximum atomic E-state index is 12.9. The standard InChI is InChI=1S/C63H111N3O4/c1-4-7-10-13-16-19-22-25-28-31-34-37-40-43-46-49-60(67)64-54-57-52-58(55-65-61(68)50-47-44-41-38-35-32-29-26-23-20-17-14-11-8-5-2)63(70)59(53-57)56-66-62(69)51-48-45-42-39-36-33-30-27-24-21-18-15-12-9-6-3/h25-30,52-53,70H,4-24,31-51,54-56H2,1-3H3,(H,64,67)(H,65,68)(H,66,69)/b28-25-,29-26-,30-27-. The molecule has 1 aromatic rings. The molecule has 0 unspecified atom stereocenters. The molecule has 0 aromatic heterocycles. The van der Waals surface area contributed by atoms with Crippen molar-refractivity contribution in [2.45, 2.75) is 310 Å². The van der Waals surface area contributed by atoms with Crippen LogP contribution >= 0.6 is 0 Å². The second-order valence-electron chi connectivity index (χ2n) is 20.6. The van der Waals surface area contributed by atoms with Crippen LogP contribution in [0.25, 0.3) is 0 Å². The van der Waals surface area contributed by atoms with Crippen LogP contribution in [0.2, 0.25) is 0 Å². The number of phenolic OH excluding ortho intramolecular Hbond substituents is 1. The van der Waals surface area contributed by atoms with Crippen LogP contribution in [-0.2, 0) is 34.0 Å². The van der Waals surface area contributed by atoms with Gasteiger partial charge in [-0.3, -0.25) is 14.4 Å². The minimum atomic E-state index is -0.0227. The molecule has 1 aromatic carbocycles. The quantitative estimate of drug-likeness (QED) is 0.0385. The SMILES string of the molecule is CCCCCCCC/C=C\CCCCCCCC(=O)NCc1cc(CNC(=O)CCCCCCC/C=C\CCCCCCCC)c(O)c(CNC(=O)CCCCCCC/C=C\CCCCCCCC)c1. The van der Waals surface area contributed by atoms with Crippen molar-refractivity contribution in [3.05, 3.63) is 65.3 Å². The number of hydrogen-bond donors (Lipinski definition) is 4. The molecule has 0 spiro atoms. The van der Waals surface area contributed by atoms with Gasteiger partial charge in [0, 0.05) is 50.0 Å². The van der Waals surface area contributed by atoms with Gasteiger partial charge >= 0.3 is 0 Å². The fourth-order valence-electron chi connectivity index (χ4n) is 9.13. The number of rotatable bonds is 51. The zero-order valence-corrected chi connectivity index (χ0v) is 46.1. The summed E-state index contributed by atoms with van der Waals surface area (Å²) in [5.74, 6) is 0.0670. The number of phenols is 1. The van der Waals surface area contributed by atoms with E-state index in [9.17, 15) is 19.5 Å². The molecule has 0 heterocycles. The summed E-state index contributed by atoms with van der Waals surface area (Å²) in [5.41, 5.74) is 2.05. The van der Waals surface area contributed by atoms with Gasteiger partial charge in [-0.1, -0.05) is 211 Å². The molecule has 7 nitrogen and oxygen atoms in total. The Morgan fingerprint density at radius 1 is 0.343 bits per heavy atom. The van der Waals surface area contributed by atoms with E-state index >= 15 is 0 Å². The van der Waals surface area contributed by atoms with Gasteiger partial charge in [-0.15, -0.1) is 0 Å². The lowest BCUT2D eigenvalue weighted by molar-refractivity contribution is -0.122. The van der Waals surface area contributed by atoms with Gasteiger partial charge in [-0.05, 0) is 114 Å². The average molecular weight is 975 g/mol. The topological polar surface area (TPSA) is 108 Å². The van der Waals surface area contributed by atoms with Crippen LogP contribution in [0.5, 0.6) is 5.75 Å². The van der Waals surface area contributed by atoms with E-state index < -0.39 is 0 Å². The lowest BCUT2D eigenvalue weighted by atomic mass is 10.0. The highest BCUT2D eigenvalue weighted by atomic mass is 16.3. The number of hydrogen-bond acceptors (Lipinski definition) is 4. The third-order valence-corrected chi connectivity index (χ3v) is 13.8. The number of aromatic hydroxyl groups is 1. The Balaban J connectivity index is 2.52. The summed E-state index contributed by atoms with van der Waals surface area (Å²) in [7, 11) is 0. The lowest BCUT2D eigenvalue weighted by Crippen LogP contribution is -2.25. The largest absolute Gasteiger partial charge is 0.507 e. The van der Waals surface area contributed by atoms with E-state index in [4.69, 9.17) is 0 Å². The first-order valence-corrected chi connectivity index (χ1v) is 30.0. The summed E-state index contributed by atoms with van der Waals surface area (Å²) in [6.45, 7) is 7.52. The van der Waals surface area contributed by atoms with Gasteiger partial charge < -0.3 is 21.1 Å². The molecule has 3 amide bonds. The van der Waals surface area contributed by atoms with E-state index in [1.54, 1.807) is 0 Å². The van der Waals surface area contributed by atoms with Crippen molar-refractivity contribution in [1.29, 1.82) is 0 Å².